The molecule has 66 valence electrons. The van der Waals surface area contributed by atoms with E-state index in [2.05, 4.69) is 21.2 Å². The normalized spacial score (nSPS) is 9.00. The molecule has 0 fully saturated rings. The average Bonchev–Trinajstić information content (AvgIpc) is 2.11. The van der Waals surface area contributed by atoms with E-state index in [0.717, 1.165) is 10.0 Å². The second kappa shape index (κ2) is 4.06. The third-order valence-corrected chi connectivity index (χ3v) is 2.39. The number of carbonyl (C=O) groups is 1. The van der Waals surface area contributed by atoms with Gasteiger partial charge in [-0.2, -0.15) is 5.26 Å². The standard InChI is InChI=1S/C9H7BrN2O/c1-6-2-3-7(4-8(6)10)12-9(13)5-11/h2-4H,1H3,(H,12,13). The Morgan fingerprint density at radius 2 is 2.31 bits per heavy atom. The van der Waals surface area contributed by atoms with Gasteiger partial charge in [-0.3, -0.25) is 4.79 Å². The maximum Gasteiger partial charge on any atom is 0.326 e. The monoisotopic (exact) mass is 238 g/mol. The summed E-state index contributed by atoms with van der Waals surface area (Å²) >= 11 is 3.32. The van der Waals surface area contributed by atoms with Gasteiger partial charge in [0, 0.05) is 10.2 Å². The van der Waals surface area contributed by atoms with Crippen LogP contribution in [0.1, 0.15) is 5.56 Å². The third-order valence-electron chi connectivity index (χ3n) is 1.53. The molecule has 1 N–H and O–H groups in total. The Morgan fingerprint density at radius 1 is 1.62 bits per heavy atom. The number of aryl methyl sites for hydroxylation is 1. The number of nitrogens with zero attached hydrogens (tertiary/aromatic N) is 1. The van der Waals surface area contributed by atoms with Gasteiger partial charge in [0.05, 0.1) is 0 Å². The largest absolute Gasteiger partial charge is 0.326 e. The molecule has 1 aromatic rings. The van der Waals surface area contributed by atoms with E-state index in [-0.39, 0.29) is 0 Å². The first-order chi connectivity index (χ1) is 6.13. The Hall–Kier alpha value is -1.34. The molecule has 3 nitrogen and oxygen atoms in total. The summed E-state index contributed by atoms with van der Waals surface area (Å²) < 4.78 is 0.906. The molecule has 0 atom stereocenters. The van der Waals surface area contributed by atoms with Crippen LogP contribution in [-0.2, 0) is 4.79 Å². The van der Waals surface area contributed by atoms with Crippen LogP contribution in [0.4, 0.5) is 5.69 Å². The van der Waals surface area contributed by atoms with Crippen molar-refractivity contribution in [2.75, 3.05) is 5.32 Å². The van der Waals surface area contributed by atoms with Crippen LogP contribution in [0, 0.1) is 18.3 Å². The van der Waals surface area contributed by atoms with Crippen molar-refractivity contribution in [2.45, 2.75) is 6.92 Å². The van der Waals surface area contributed by atoms with Crippen molar-refractivity contribution in [2.24, 2.45) is 0 Å². The Kier molecular flexibility index (Phi) is 3.04. The molecule has 0 aromatic heterocycles. The number of anilines is 1. The molecule has 0 saturated carbocycles. The summed E-state index contributed by atoms with van der Waals surface area (Å²) in [5.41, 5.74) is 1.69. The highest BCUT2D eigenvalue weighted by atomic mass is 79.9. The van der Waals surface area contributed by atoms with Gasteiger partial charge >= 0.3 is 5.91 Å². The molecule has 0 heterocycles. The first kappa shape index (κ1) is 9.75. The summed E-state index contributed by atoms with van der Waals surface area (Å²) in [5.74, 6) is -0.657. The van der Waals surface area contributed by atoms with Crippen molar-refractivity contribution < 1.29 is 4.79 Å². The van der Waals surface area contributed by atoms with Crippen molar-refractivity contribution in [1.82, 2.24) is 0 Å². The summed E-state index contributed by atoms with van der Waals surface area (Å²) in [7, 11) is 0. The van der Waals surface area contributed by atoms with E-state index in [1.807, 2.05) is 13.0 Å². The number of hydrogen-bond acceptors (Lipinski definition) is 2. The summed E-state index contributed by atoms with van der Waals surface area (Å²) in [6, 6.07) is 6.84. The quantitative estimate of drug-likeness (QED) is 0.764. The van der Waals surface area contributed by atoms with Crippen LogP contribution in [0.5, 0.6) is 0 Å². The number of nitrogens with one attached hydrogen (secondary N) is 1. The molecule has 1 rings (SSSR count). The van der Waals surface area contributed by atoms with Crippen LogP contribution in [-0.4, -0.2) is 5.91 Å². The van der Waals surface area contributed by atoms with E-state index in [0.29, 0.717) is 5.69 Å². The fourth-order valence-electron chi connectivity index (χ4n) is 0.830. The molecule has 4 heteroatoms. The summed E-state index contributed by atoms with van der Waals surface area (Å²) in [6.45, 7) is 1.94. The van der Waals surface area contributed by atoms with Crippen LogP contribution < -0.4 is 5.32 Å². The number of rotatable bonds is 1. The van der Waals surface area contributed by atoms with E-state index >= 15 is 0 Å². The molecule has 1 aromatic carbocycles. The van der Waals surface area contributed by atoms with Crippen molar-refractivity contribution >= 4 is 27.5 Å². The van der Waals surface area contributed by atoms with E-state index < -0.39 is 5.91 Å². The van der Waals surface area contributed by atoms with Gasteiger partial charge in [-0.1, -0.05) is 22.0 Å². The fourth-order valence-corrected chi connectivity index (χ4v) is 1.21. The highest BCUT2D eigenvalue weighted by Gasteiger charge is 2.00. The third kappa shape index (κ3) is 2.56. The minimum absolute atomic E-state index is 0.615. The van der Waals surface area contributed by atoms with E-state index in [9.17, 15) is 4.79 Å². The summed E-state index contributed by atoms with van der Waals surface area (Å²) in [6.07, 6.45) is 0. The van der Waals surface area contributed by atoms with Gasteiger partial charge in [0.1, 0.15) is 0 Å². The molecule has 0 spiro atoms. The zero-order valence-electron chi connectivity index (χ0n) is 6.97. The Balaban J connectivity index is 2.87. The van der Waals surface area contributed by atoms with E-state index in [1.165, 1.54) is 6.07 Å². The number of amides is 1. The lowest BCUT2D eigenvalue weighted by molar-refractivity contribution is -0.111. The van der Waals surface area contributed by atoms with Gasteiger partial charge in [0.2, 0.25) is 0 Å². The topological polar surface area (TPSA) is 52.9 Å². The smallest absolute Gasteiger partial charge is 0.313 e. The van der Waals surface area contributed by atoms with Crippen LogP contribution in [0.25, 0.3) is 0 Å². The van der Waals surface area contributed by atoms with Gasteiger partial charge in [-0.15, -0.1) is 0 Å². The van der Waals surface area contributed by atoms with Crippen LogP contribution in [0.15, 0.2) is 22.7 Å². The van der Waals surface area contributed by atoms with Crippen molar-refractivity contribution in [3.63, 3.8) is 0 Å². The van der Waals surface area contributed by atoms with Gasteiger partial charge in [-0.05, 0) is 24.6 Å². The second-order valence-corrected chi connectivity index (χ2v) is 3.38. The number of carbonyl (C=O) groups excluding carboxylic acids is 1. The Bertz CT molecular complexity index is 382. The molecule has 0 radical (unpaired) electrons. The van der Waals surface area contributed by atoms with E-state index in [1.54, 1.807) is 12.1 Å². The van der Waals surface area contributed by atoms with Crippen molar-refractivity contribution in [3.05, 3.63) is 28.2 Å². The molecule has 1 amide bonds. The van der Waals surface area contributed by atoms with Crippen molar-refractivity contribution in [1.29, 1.82) is 5.26 Å². The van der Waals surface area contributed by atoms with E-state index in [4.69, 9.17) is 5.26 Å². The molecular formula is C9H7BrN2O. The van der Waals surface area contributed by atoms with Crippen LogP contribution >= 0.6 is 15.9 Å². The highest BCUT2D eigenvalue weighted by molar-refractivity contribution is 9.10. The molecule has 0 saturated heterocycles. The minimum Gasteiger partial charge on any atom is -0.313 e. The zero-order chi connectivity index (χ0) is 9.84. The number of benzene rings is 1. The lowest BCUT2D eigenvalue weighted by Crippen LogP contribution is -2.07. The summed E-state index contributed by atoms with van der Waals surface area (Å²) in [5, 5.41) is 10.7. The first-order valence-corrected chi connectivity index (χ1v) is 4.40. The second-order valence-electron chi connectivity index (χ2n) is 2.53. The van der Waals surface area contributed by atoms with Crippen molar-refractivity contribution in [3.8, 4) is 6.07 Å². The number of halogens is 1. The number of nitriles is 1. The lowest BCUT2D eigenvalue weighted by atomic mass is 10.2. The molecule has 0 unspecified atom stereocenters. The number of hydrogen-bond donors (Lipinski definition) is 1. The predicted octanol–water partition coefficient (Wildman–Crippen LogP) is 2.22. The highest BCUT2D eigenvalue weighted by Crippen LogP contribution is 2.20. The molecule has 0 aliphatic rings. The molecule has 0 bridgehead atoms. The molecule has 0 aliphatic heterocycles. The molecule has 13 heavy (non-hydrogen) atoms. The first-order valence-electron chi connectivity index (χ1n) is 3.60. The maximum atomic E-state index is 10.7. The minimum atomic E-state index is -0.657. The van der Waals surface area contributed by atoms with Gasteiger partial charge < -0.3 is 5.32 Å². The maximum absolute atomic E-state index is 10.7. The van der Waals surface area contributed by atoms with Gasteiger partial charge in [0.25, 0.3) is 0 Å². The average molecular weight is 239 g/mol. The van der Waals surface area contributed by atoms with Crippen LogP contribution in [0.3, 0.4) is 0 Å². The van der Waals surface area contributed by atoms with Gasteiger partial charge in [-0.25, -0.2) is 0 Å². The molecular weight excluding hydrogens is 232 g/mol. The van der Waals surface area contributed by atoms with Crippen LogP contribution in [0.2, 0.25) is 0 Å². The molecule has 0 aliphatic carbocycles. The lowest BCUT2D eigenvalue weighted by Gasteiger charge is -2.02. The predicted molar refractivity (Wildman–Crippen MR) is 53.1 cm³/mol. The SMILES string of the molecule is Cc1ccc(NC(=O)C#N)cc1Br. The zero-order valence-corrected chi connectivity index (χ0v) is 8.55. The summed E-state index contributed by atoms with van der Waals surface area (Å²) in [4.78, 5) is 10.7. The fraction of sp³-hybridized carbons (Fsp3) is 0.111. The Labute approximate surface area is 84.5 Å². The Morgan fingerprint density at radius 3 is 2.85 bits per heavy atom. The van der Waals surface area contributed by atoms with Gasteiger partial charge in [0.15, 0.2) is 6.07 Å².